The number of rotatable bonds is 5. The molecule has 4 nitrogen and oxygen atoms in total. The van der Waals surface area contributed by atoms with Crippen molar-refractivity contribution in [2.45, 2.75) is 25.7 Å². The van der Waals surface area contributed by atoms with Crippen molar-refractivity contribution in [2.75, 3.05) is 0 Å². The van der Waals surface area contributed by atoms with E-state index in [1.54, 1.807) is 0 Å². The van der Waals surface area contributed by atoms with Gasteiger partial charge in [0.2, 0.25) is 0 Å². The number of fused-ring (bicyclic) bond motifs is 12. The van der Waals surface area contributed by atoms with Crippen LogP contribution in [0.25, 0.3) is 105 Å². The first kappa shape index (κ1) is 32.4. The summed E-state index contributed by atoms with van der Waals surface area (Å²) in [7, 11) is 0. The average molecular weight is 717 g/mol. The summed E-state index contributed by atoms with van der Waals surface area (Å²) >= 11 is 0. The summed E-state index contributed by atoms with van der Waals surface area (Å²) in [4.78, 5) is 20.7. The van der Waals surface area contributed by atoms with Gasteiger partial charge < -0.3 is 0 Å². The van der Waals surface area contributed by atoms with Gasteiger partial charge in [0.05, 0.1) is 45.8 Å². The van der Waals surface area contributed by atoms with E-state index in [1.165, 1.54) is 32.7 Å². The Morgan fingerprint density at radius 2 is 0.875 bits per heavy atom. The zero-order chi connectivity index (χ0) is 37.2. The molecule has 0 aliphatic heterocycles. The third-order valence-corrected chi connectivity index (χ3v) is 11.7. The van der Waals surface area contributed by atoms with E-state index < -0.39 is 0 Å². The molecule has 11 rings (SSSR count). The van der Waals surface area contributed by atoms with Gasteiger partial charge in [0.15, 0.2) is 0 Å². The molecule has 2 heterocycles. The smallest absolute Gasteiger partial charge is 0.0979 e. The molecule has 0 amide bonds. The fraction of sp³-hybridized carbons (Fsp3) is 0.0769. The van der Waals surface area contributed by atoms with Gasteiger partial charge in [-0.2, -0.15) is 0 Å². The molecule has 2 aromatic heterocycles. The van der Waals surface area contributed by atoms with E-state index in [9.17, 15) is 0 Å². The summed E-state index contributed by atoms with van der Waals surface area (Å²) in [6.07, 6.45) is 10.6. The van der Waals surface area contributed by atoms with Crippen LogP contribution in [0.2, 0.25) is 0 Å². The molecule has 56 heavy (non-hydrogen) atoms. The lowest BCUT2D eigenvalue weighted by Crippen LogP contribution is -2.06. The van der Waals surface area contributed by atoms with Crippen LogP contribution in [-0.4, -0.2) is 19.9 Å². The van der Waals surface area contributed by atoms with Crippen molar-refractivity contribution in [3.63, 3.8) is 0 Å². The molecule has 8 aromatic carbocycles. The molecule has 1 atom stereocenters. The number of benzene rings is 8. The lowest BCUT2D eigenvalue weighted by molar-refractivity contribution is 0.674. The maximum absolute atomic E-state index is 5.34. The fourth-order valence-corrected chi connectivity index (χ4v) is 8.91. The average Bonchev–Trinajstić information content (AvgIpc) is 3.28. The summed E-state index contributed by atoms with van der Waals surface area (Å²) in [5.74, 6) is 0.479. The van der Waals surface area contributed by atoms with E-state index in [1.807, 2.05) is 12.4 Å². The molecule has 0 saturated heterocycles. The van der Waals surface area contributed by atoms with Crippen LogP contribution in [0.15, 0.2) is 164 Å². The first-order chi connectivity index (χ1) is 27.7. The molecule has 0 N–H and O–H groups in total. The van der Waals surface area contributed by atoms with Crippen molar-refractivity contribution in [1.29, 1.82) is 0 Å². The van der Waals surface area contributed by atoms with Crippen LogP contribution in [0.1, 0.15) is 36.8 Å². The fourth-order valence-electron chi connectivity index (χ4n) is 8.91. The molecule has 4 heteroatoms. The number of hydrogen-bond donors (Lipinski definition) is 0. The first-order valence-electron chi connectivity index (χ1n) is 19.5. The number of nitrogens with zero attached hydrogens (tertiary/aromatic N) is 4. The van der Waals surface area contributed by atoms with Gasteiger partial charge in [0, 0.05) is 32.8 Å². The lowest BCUT2D eigenvalue weighted by atomic mass is 9.81. The third-order valence-electron chi connectivity index (χ3n) is 11.7. The molecular formula is C52H36N4. The quantitative estimate of drug-likeness (QED) is 0.166. The second-order valence-corrected chi connectivity index (χ2v) is 14.9. The number of hydrogen-bond acceptors (Lipinski definition) is 4. The molecule has 0 radical (unpaired) electrons. The summed E-state index contributed by atoms with van der Waals surface area (Å²) in [5.41, 5.74) is 14.8. The highest BCUT2D eigenvalue weighted by Crippen LogP contribution is 2.42. The van der Waals surface area contributed by atoms with Gasteiger partial charge in [0.1, 0.15) is 0 Å². The topological polar surface area (TPSA) is 51.6 Å². The van der Waals surface area contributed by atoms with Gasteiger partial charge in [-0.05, 0) is 80.9 Å². The number of allylic oxidation sites excluding steroid dienone is 1. The minimum atomic E-state index is 0.479. The number of aromatic nitrogens is 4. The summed E-state index contributed by atoms with van der Waals surface area (Å²) in [5, 5.41) is 7.11. The summed E-state index contributed by atoms with van der Waals surface area (Å²) in [6.45, 7) is 2.29. The molecule has 0 bridgehead atoms. The molecule has 1 aliphatic carbocycles. The second kappa shape index (κ2) is 13.1. The highest BCUT2D eigenvalue weighted by atomic mass is 14.8. The van der Waals surface area contributed by atoms with E-state index in [0.29, 0.717) is 5.92 Å². The van der Waals surface area contributed by atoms with Crippen LogP contribution in [0.4, 0.5) is 0 Å². The van der Waals surface area contributed by atoms with Crippen molar-refractivity contribution >= 4 is 60.5 Å². The van der Waals surface area contributed by atoms with Gasteiger partial charge in [-0.1, -0.05) is 146 Å². The Hall–Kier alpha value is -7.04. The van der Waals surface area contributed by atoms with Crippen molar-refractivity contribution in [3.8, 4) is 44.8 Å². The molecule has 0 saturated carbocycles. The van der Waals surface area contributed by atoms with E-state index in [2.05, 4.69) is 165 Å². The van der Waals surface area contributed by atoms with Crippen LogP contribution in [0.5, 0.6) is 0 Å². The normalized spacial score (nSPS) is 13.9. The predicted molar refractivity (Wildman–Crippen MR) is 234 cm³/mol. The van der Waals surface area contributed by atoms with E-state index in [0.717, 1.165) is 90.4 Å². The lowest BCUT2D eigenvalue weighted by Gasteiger charge is -2.24. The summed E-state index contributed by atoms with van der Waals surface area (Å²) < 4.78 is 0. The van der Waals surface area contributed by atoms with Crippen LogP contribution in [-0.2, 0) is 0 Å². The monoisotopic (exact) mass is 716 g/mol. The van der Waals surface area contributed by atoms with Crippen molar-refractivity contribution in [2.24, 2.45) is 0 Å². The van der Waals surface area contributed by atoms with Gasteiger partial charge in [-0.3, -0.25) is 9.97 Å². The highest BCUT2D eigenvalue weighted by molar-refractivity contribution is 6.23. The van der Waals surface area contributed by atoms with E-state index in [-0.39, 0.29) is 0 Å². The molecule has 1 aliphatic rings. The Labute approximate surface area is 324 Å². The van der Waals surface area contributed by atoms with Gasteiger partial charge in [-0.25, -0.2) is 9.97 Å². The van der Waals surface area contributed by atoms with Crippen LogP contribution < -0.4 is 0 Å². The largest absolute Gasteiger partial charge is 0.252 e. The minimum Gasteiger partial charge on any atom is -0.252 e. The Balaban J connectivity index is 0.964. The summed E-state index contributed by atoms with van der Waals surface area (Å²) in [6, 6.07) is 51.7. The Morgan fingerprint density at radius 1 is 0.446 bits per heavy atom. The van der Waals surface area contributed by atoms with Gasteiger partial charge in [0.25, 0.3) is 0 Å². The van der Waals surface area contributed by atoms with Crippen LogP contribution in [0.3, 0.4) is 0 Å². The Kier molecular flexibility index (Phi) is 7.56. The van der Waals surface area contributed by atoms with E-state index in [4.69, 9.17) is 19.9 Å². The molecule has 1 unspecified atom stereocenters. The SMILES string of the molecule is CCC1CC=Cc2c1c1ccccc1c1ncc(-c3cccc(-c4cccc(-c5cccc(-c6cnc7c8ccccc8c8ccccc8c7n6)c5)c4)c3)nc21. The van der Waals surface area contributed by atoms with Gasteiger partial charge in [-0.15, -0.1) is 0 Å². The zero-order valence-electron chi connectivity index (χ0n) is 30.9. The molecule has 10 aromatic rings. The molecule has 0 spiro atoms. The molecular weight excluding hydrogens is 681 g/mol. The standard InChI is InChI=1S/C52H36N4/c1-2-32-13-12-26-45-48(32)41-22-5-8-25-44(41)50-52(45)56-47(31-54-50)38-19-11-17-36(29-38)34-15-9-14-33(27-34)35-16-10-18-37(28-35)46-30-53-49-42-23-6-3-20-39(42)40-21-4-7-24-43(40)51(49)55-46/h3-12,14-32H,2,13H2,1H3. The maximum atomic E-state index is 5.34. The first-order valence-corrected chi connectivity index (χ1v) is 19.5. The minimum absolute atomic E-state index is 0.479. The molecule has 0 fully saturated rings. The third kappa shape index (κ3) is 5.21. The van der Waals surface area contributed by atoms with Crippen LogP contribution >= 0.6 is 0 Å². The Morgan fingerprint density at radius 3 is 1.43 bits per heavy atom. The van der Waals surface area contributed by atoms with Gasteiger partial charge >= 0.3 is 0 Å². The Bertz CT molecular complexity index is 3200. The predicted octanol–water partition coefficient (Wildman–Crippen LogP) is 13.6. The molecule has 264 valence electrons. The second-order valence-electron chi connectivity index (χ2n) is 14.9. The van der Waals surface area contributed by atoms with Crippen molar-refractivity contribution in [3.05, 3.63) is 175 Å². The zero-order valence-corrected chi connectivity index (χ0v) is 30.9. The van der Waals surface area contributed by atoms with Crippen molar-refractivity contribution < 1.29 is 0 Å². The van der Waals surface area contributed by atoms with Crippen molar-refractivity contribution in [1.82, 2.24) is 19.9 Å². The van der Waals surface area contributed by atoms with Crippen LogP contribution in [0, 0.1) is 0 Å². The highest BCUT2D eigenvalue weighted by Gasteiger charge is 2.23. The maximum Gasteiger partial charge on any atom is 0.0979 e. The van der Waals surface area contributed by atoms with E-state index >= 15 is 0 Å².